The Balaban J connectivity index is 0.00000179. The fraction of sp³-hybridized carbons (Fsp3) is 0.802. The van der Waals surface area contributed by atoms with E-state index in [0.29, 0.717) is 0 Å². The molecule has 1 heterocycles. The Hall–Kier alpha value is -2.08. The minimum absolute atomic E-state index is 0. The van der Waals surface area contributed by atoms with Crippen LogP contribution in [-0.2, 0) is 46.1 Å². The summed E-state index contributed by atoms with van der Waals surface area (Å²) in [5, 5.41) is 0. The van der Waals surface area contributed by atoms with Crippen molar-refractivity contribution in [1.29, 1.82) is 0 Å². The number of allylic oxidation sites excluding steroid dienone is 4. The average Bonchev–Trinajstić information content (AvgIpc) is 1.62. The van der Waals surface area contributed by atoms with Gasteiger partial charge in [-0.25, -0.2) is 4.70 Å². The molecule has 0 unspecified atom stereocenters. The quantitative estimate of drug-likeness (QED) is 0.0273. The van der Waals surface area contributed by atoms with Gasteiger partial charge in [0.2, 0.25) is 11.4 Å². The molecule has 0 bridgehead atoms. The third-order valence-electron chi connectivity index (χ3n) is 22.4. The summed E-state index contributed by atoms with van der Waals surface area (Å²) in [6.45, 7) is 23.9. The fourth-order valence-corrected chi connectivity index (χ4v) is 15.5. The molecule has 606 valence electrons. The smallest absolute Gasteiger partial charge is 0.493 e. The maximum absolute atomic E-state index is 12.3. The zero-order valence-electron chi connectivity index (χ0n) is 71.6. The molecule has 0 amide bonds. The van der Waals surface area contributed by atoms with Crippen LogP contribution in [0.2, 0.25) is 0 Å². The third kappa shape index (κ3) is 62.7. The Bertz CT molecular complexity index is 2050. The Morgan fingerprint density at radius 1 is 0.260 bits per heavy atom. The van der Waals surface area contributed by atoms with Gasteiger partial charge in [-0.1, -0.05) is 471 Å². The number of aryl methyl sites for hydroxylation is 4. The van der Waals surface area contributed by atoms with Gasteiger partial charge in [-0.3, -0.25) is 0 Å². The Labute approximate surface area is 668 Å². The minimum atomic E-state index is 0. The van der Waals surface area contributed by atoms with Crippen LogP contribution < -0.4 is 0 Å². The van der Waals surface area contributed by atoms with Crippen molar-refractivity contribution in [2.24, 2.45) is 0 Å². The molecule has 2 aromatic rings. The number of hydrogen-bond acceptors (Lipinski definition) is 0. The van der Waals surface area contributed by atoms with Crippen LogP contribution in [-0.4, -0.2) is 4.70 Å². The number of rotatable bonds is 75. The summed E-state index contributed by atoms with van der Waals surface area (Å²) in [4.78, 5) is 0. The summed E-state index contributed by atoms with van der Waals surface area (Å²) in [6, 6.07) is 14.4. The second-order valence-electron chi connectivity index (χ2n) is 32.8. The zero-order valence-corrected chi connectivity index (χ0v) is 73.2. The molecule has 0 aliphatic carbocycles. The zero-order chi connectivity index (χ0) is 74.5. The number of nitrogens with zero attached hydrogens (tertiary/aromatic N) is 2. The summed E-state index contributed by atoms with van der Waals surface area (Å²) < 4.78 is 1.55. The van der Waals surface area contributed by atoms with Crippen LogP contribution in [0.25, 0.3) is 16.9 Å². The molecule has 2 nitrogen and oxygen atoms in total. The van der Waals surface area contributed by atoms with Crippen molar-refractivity contribution in [1.82, 2.24) is 0 Å². The Kier molecular flexibility index (Phi) is 80.3. The van der Waals surface area contributed by atoms with Crippen LogP contribution in [0.3, 0.4) is 0 Å². The summed E-state index contributed by atoms with van der Waals surface area (Å²) in [7, 11) is 0. The fourth-order valence-electron chi connectivity index (χ4n) is 15.5. The molecule has 0 N–H and O–H groups in total. The van der Waals surface area contributed by atoms with Crippen molar-refractivity contribution < 1.29 is 25.1 Å². The van der Waals surface area contributed by atoms with E-state index in [1.54, 1.807) is 4.70 Å². The van der Waals surface area contributed by atoms with Crippen molar-refractivity contribution in [2.45, 2.75) is 524 Å². The van der Waals surface area contributed by atoms with Crippen LogP contribution in [0, 0.1) is 13.8 Å². The molecule has 1 aliphatic heterocycles. The molecule has 0 fully saturated rings. The van der Waals surface area contributed by atoms with E-state index in [0.717, 1.165) is 67.5 Å². The molecule has 0 spiro atoms. The summed E-state index contributed by atoms with van der Waals surface area (Å²) in [5.41, 5.74) is 23.3. The van der Waals surface area contributed by atoms with E-state index < -0.39 is 0 Å². The van der Waals surface area contributed by atoms with Crippen LogP contribution in [0.4, 0.5) is 0 Å². The Morgan fingerprint density at radius 3 is 0.721 bits per heavy atom. The maximum Gasteiger partial charge on any atom is 2.00 e. The molecule has 3 heteroatoms. The topological polar surface area (TPSA) is 25.3 Å². The van der Waals surface area contributed by atoms with E-state index in [9.17, 15) is 5.53 Å². The summed E-state index contributed by atoms with van der Waals surface area (Å²) >= 11 is 0. The van der Waals surface area contributed by atoms with Gasteiger partial charge in [0.05, 0.1) is 5.57 Å². The monoisotopic (exact) mass is 1530 g/mol. The normalized spacial score (nSPS) is 12.2. The minimum Gasteiger partial charge on any atom is -0.493 e. The molecule has 0 radical (unpaired) electrons. The maximum atomic E-state index is 12.3. The first-order valence-corrected chi connectivity index (χ1v) is 47.3. The average molecular weight is 1530 g/mol. The molecule has 0 aromatic heterocycles. The third-order valence-corrected chi connectivity index (χ3v) is 22.4. The van der Waals surface area contributed by atoms with Gasteiger partial charge in [0.25, 0.3) is 0 Å². The number of unbranched alkanes of at least 4 members (excludes halogenated alkanes) is 63. The molecular formula is C101H182N2Pd. The SMILES string of the molecule is CCCCCCCCCCCC=CC1=C(c2cc(CCCC)cc(CCCC)c2)[N+](=[N-])C(c2cc(CCCCCCCC)cc(CCCCCCCC)c2)=C1.[CH2-]CCCCCCCCCCCCCCCCCCCCCCC.[CH2-]CCCCCCCCCCCCCCCCCCCCCCC.[Pd+2]. The van der Waals surface area contributed by atoms with Crippen molar-refractivity contribution in [3.63, 3.8) is 0 Å². The molecule has 3 rings (SSSR count). The van der Waals surface area contributed by atoms with Gasteiger partial charge < -0.3 is 19.4 Å². The van der Waals surface area contributed by atoms with E-state index in [2.05, 4.69) is 117 Å². The van der Waals surface area contributed by atoms with Gasteiger partial charge in [0.1, 0.15) is 0 Å². The number of benzene rings is 2. The van der Waals surface area contributed by atoms with Crippen LogP contribution in [0.15, 0.2) is 60.2 Å². The van der Waals surface area contributed by atoms with E-state index in [4.69, 9.17) is 0 Å². The van der Waals surface area contributed by atoms with Gasteiger partial charge >= 0.3 is 20.4 Å². The van der Waals surface area contributed by atoms with Gasteiger partial charge in [-0.15, -0.1) is 0 Å². The van der Waals surface area contributed by atoms with Crippen molar-refractivity contribution in [2.75, 3.05) is 0 Å². The van der Waals surface area contributed by atoms with E-state index >= 15 is 0 Å². The molecule has 0 saturated carbocycles. The first-order chi connectivity index (χ1) is 50.9. The first kappa shape index (κ1) is 102. The molecule has 2 aromatic carbocycles. The van der Waals surface area contributed by atoms with Gasteiger partial charge in [0, 0.05) is 17.2 Å². The molecule has 0 saturated heterocycles. The molecular weight excluding hydrogens is 1350 g/mol. The summed E-state index contributed by atoms with van der Waals surface area (Å²) in [5.74, 6) is 0. The van der Waals surface area contributed by atoms with E-state index in [-0.39, 0.29) is 20.4 Å². The summed E-state index contributed by atoms with van der Waals surface area (Å²) in [6.07, 6.45) is 109. The predicted molar refractivity (Wildman–Crippen MR) is 469 cm³/mol. The molecule has 0 atom stereocenters. The molecule has 1 aliphatic rings. The second kappa shape index (κ2) is 81.9. The largest absolute Gasteiger partial charge is 2.00 e. The number of hydrogen-bond donors (Lipinski definition) is 0. The van der Waals surface area contributed by atoms with Gasteiger partial charge in [0.15, 0.2) is 0 Å². The van der Waals surface area contributed by atoms with Crippen LogP contribution >= 0.6 is 0 Å². The van der Waals surface area contributed by atoms with Crippen LogP contribution in [0.1, 0.15) is 531 Å². The predicted octanol–water partition coefficient (Wildman–Crippen LogP) is 36.3. The van der Waals surface area contributed by atoms with Gasteiger partial charge in [-0.2, -0.15) is 12.8 Å². The van der Waals surface area contributed by atoms with Gasteiger partial charge in [-0.05, 0) is 111 Å². The standard InChI is InChI=1S/C53H84N2.2C24H49.Pd/c1-6-11-16-19-22-23-24-25-26-29-32-37-49-44-52(55(54)53(49)51-42-45(33-14-9-4)38-46(43-51)34-15-10-5)50-40-47(35-30-27-20-17-12-7-2)39-48(41-50)36-31-28-21-18-13-8-3;2*1-3-5-7-9-11-13-15-17-19-21-23-24-22-20-18-16-14-12-10-8-6-4-2;/h32,37-44H,6-31,33-36H2,1-5H3;2*1,3-24H2,2H3;/q;2*-1;+2. The van der Waals surface area contributed by atoms with Crippen molar-refractivity contribution >= 4 is 11.4 Å². The van der Waals surface area contributed by atoms with E-state index in [1.165, 1.54) is 458 Å². The first-order valence-electron chi connectivity index (χ1n) is 47.3. The molecule has 104 heavy (non-hydrogen) atoms. The van der Waals surface area contributed by atoms with E-state index in [1.807, 2.05) is 0 Å². The van der Waals surface area contributed by atoms with Crippen molar-refractivity contribution in [3.05, 3.63) is 113 Å². The van der Waals surface area contributed by atoms with Crippen molar-refractivity contribution in [3.8, 4) is 0 Å². The Morgan fingerprint density at radius 2 is 0.471 bits per heavy atom. The van der Waals surface area contributed by atoms with Crippen LogP contribution in [0.5, 0.6) is 0 Å². The second-order valence-corrected chi connectivity index (χ2v) is 32.8.